The molecule has 0 aliphatic carbocycles. The lowest BCUT2D eigenvalue weighted by atomic mass is 10.1. The van der Waals surface area contributed by atoms with Crippen molar-refractivity contribution in [3.05, 3.63) is 23.8 Å². The molecule has 1 fully saturated rings. The Morgan fingerprint density at radius 3 is 2.68 bits per heavy atom. The van der Waals surface area contributed by atoms with Gasteiger partial charge in [-0.3, -0.25) is 0 Å². The summed E-state index contributed by atoms with van der Waals surface area (Å²) in [6.07, 6.45) is 4.05. The molecule has 25 heavy (non-hydrogen) atoms. The van der Waals surface area contributed by atoms with Crippen molar-refractivity contribution in [2.24, 2.45) is 5.92 Å². The third-order valence-corrected chi connectivity index (χ3v) is 4.46. The minimum absolute atomic E-state index is 0.194. The van der Waals surface area contributed by atoms with E-state index in [-0.39, 0.29) is 5.92 Å². The van der Waals surface area contributed by atoms with Gasteiger partial charge in [0.05, 0.1) is 17.9 Å². The molecule has 2 unspecified atom stereocenters. The van der Waals surface area contributed by atoms with Gasteiger partial charge < -0.3 is 19.7 Å². The van der Waals surface area contributed by atoms with E-state index in [1.54, 1.807) is 0 Å². The van der Waals surface area contributed by atoms with Crippen molar-refractivity contribution in [3.63, 3.8) is 0 Å². The second-order valence-corrected chi connectivity index (χ2v) is 6.30. The average molecular weight is 345 g/mol. The predicted molar refractivity (Wildman–Crippen MR) is 103 cm³/mol. The number of carbonyl (C=O) groups excluding carboxylic acids is 1. The zero-order valence-corrected chi connectivity index (χ0v) is 15.9. The number of rotatable bonds is 7. The van der Waals surface area contributed by atoms with Crippen LogP contribution in [0.1, 0.15) is 45.6 Å². The Morgan fingerprint density at radius 2 is 2.24 bits per heavy atom. The lowest BCUT2D eigenvalue weighted by Gasteiger charge is -2.31. The van der Waals surface area contributed by atoms with Crippen LogP contribution in [0.3, 0.4) is 0 Å². The summed E-state index contributed by atoms with van der Waals surface area (Å²) >= 11 is 0. The van der Waals surface area contributed by atoms with Crippen LogP contribution < -0.4 is 10.2 Å². The molecular formula is C20H31N3O2. The summed E-state index contributed by atoms with van der Waals surface area (Å²) in [5.74, 6) is 0.194. The first-order chi connectivity index (χ1) is 12.1. The molecule has 0 saturated carbocycles. The molecule has 0 amide bonds. The number of carbonyl (C=O) groups is 1. The minimum atomic E-state index is 0.194. The van der Waals surface area contributed by atoms with Crippen molar-refractivity contribution in [2.75, 3.05) is 37.0 Å². The number of aldehydes is 1. The van der Waals surface area contributed by atoms with E-state index in [0.717, 1.165) is 55.6 Å². The van der Waals surface area contributed by atoms with Crippen molar-refractivity contribution in [1.29, 1.82) is 5.26 Å². The summed E-state index contributed by atoms with van der Waals surface area (Å²) in [5.41, 5.74) is 2.78. The molecule has 1 N–H and O–H groups in total. The number of nitrogens with zero attached hydrogens (tertiary/aromatic N) is 2. The fourth-order valence-electron chi connectivity index (χ4n) is 2.73. The first-order valence-electron chi connectivity index (χ1n) is 9.12. The maximum atomic E-state index is 9.93. The van der Waals surface area contributed by atoms with E-state index >= 15 is 0 Å². The summed E-state index contributed by atoms with van der Waals surface area (Å²) in [6.45, 7) is 8.96. The second-order valence-electron chi connectivity index (χ2n) is 6.30. The standard InChI is InChI=1S/C15H23N3.C5H8O2/c1-5-9-18(12(3)6-2)15-8-7-14(17-4)10-13(15)11-16;6-3-5-1-2-7-4-5/h7-8,10,12,17H,5-6,9H2,1-4H3;3,5H,1-2,4H2. The zero-order chi connectivity index (χ0) is 18.7. The van der Waals surface area contributed by atoms with Crippen molar-refractivity contribution in [2.45, 2.75) is 46.1 Å². The average Bonchev–Trinajstić information content (AvgIpc) is 3.19. The van der Waals surface area contributed by atoms with Gasteiger partial charge in [-0.05, 0) is 44.4 Å². The molecule has 0 aromatic heterocycles. The first-order valence-corrected chi connectivity index (χ1v) is 9.12. The topological polar surface area (TPSA) is 65.4 Å². The molecular weight excluding hydrogens is 314 g/mol. The maximum absolute atomic E-state index is 9.93. The van der Waals surface area contributed by atoms with E-state index < -0.39 is 0 Å². The molecule has 1 aliphatic heterocycles. The smallest absolute Gasteiger partial charge is 0.125 e. The molecule has 2 rings (SSSR count). The van der Waals surface area contributed by atoms with E-state index in [4.69, 9.17) is 4.74 Å². The monoisotopic (exact) mass is 345 g/mol. The van der Waals surface area contributed by atoms with Crippen LogP contribution in [0, 0.1) is 17.2 Å². The number of benzene rings is 1. The van der Waals surface area contributed by atoms with Crippen LogP contribution in [0.5, 0.6) is 0 Å². The highest BCUT2D eigenvalue weighted by Crippen LogP contribution is 2.26. The Balaban J connectivity index is 0.000000370. The molecule has 2 atom stereocenters. The maximum Gasteiger partial charge on any atom is 0.125 e. The van der Waals surface area contributed by atoms with E-state index in [0.29, 0.717) is 12.6 Å². The molecule has 5 nitrogen and oxygen atoms in total. The Labute approximate surface area is 152 Å². The van der Waals surface area contributed by atoms with Crippen LogP contribution in [-0.4, -0.2) is 39.1 Å². The highest BCUT2D eigenvalue weighted by molar-refractivity contribution is 5.65. The van der Waals surface area contributed by atoms with Gasteiger partial charge in [-0.15, -0.1) is 0 Å². The van der Waals surface area contributed by atoms with Gasteiger partial charge in [0.15, 0.2) is 0 Å². The second kappa shape index (κ2) is 11.5. The number of hydrogen-bond acceptors (Lipinski definition) is 5. The molecule has 0 radical (unpaired) electrons. The fourth-order valence-corrected chi connectivity index (χ4v) is 2.73. The van der Waals surface area contributed by atoms with Gasteiger partial charge in [-0.25, -0.2) is 0 Å². The van der Waals surface area contributed by atoms with E-state index in [1.165, 1.54) is 0 Å². The van der Waals surface area contributed by atoms with Crippen molar-refractivity contribution >= 4 is 17.7 Å². The number of nitriles is 1. The van der Waals surface area contributed by atoms with Gasteiger partial charge >= 0.3 is 0 Å². The third kappa shape index (κ3) is 6.39. The zero-order valence-electron chi connectivity index (χ0n) is 15.9. The summed E-state index contributed by atoms with van der Waals surface area (Å²) in [4.78, 5) is 12.3. The van der Waals surface area contributed by atoms with Crippen molar-refractivity contribution in [3.8, 4) is 6.07 Å². The number of hydrogen-bond donors (Lipinski definition) is 1. The Kier molecular flexibility index (Phi) is 9.64. The summed E-state index contributed by atoms with van der Waals surface area (Å²) in [6, 6.07) is 8.76. The van der Waals surface area contributed by atoms with Crippen LogP contribution in [-0.2, 0) is 9.53 Å². The normalized spacial score (nSPS) is 17.0. The highest BCUT2D eigenvalue weighted by atomic mass is 16.5. The number of ether oxygens (including phenoxy) is 1. The quantitative estimate of drug-likeness (QED) is 0.761. The molecule has 0 spiro atoms. The molecule has 5 heteroatoms. The molecule has 1 aromatic carbocycles. The first kappa shape index (κ1) is 21.0. The SMILES string of the molecule is CCCN(c1ccc(NC)cc1C#N)C(C)CC.O=CC1CCOC1. The Hall–Kier alpha value is -2.06. The molecule has 1 heterocycles. The van der Waals surface area contributed by atoms with E-state index in [9.17, 15) is 10.1 Å². The lowest BCUT2D eigenvalue weighted by molar-refractivity contribution is -0.111. The van der Waals surface area contributed by atoms with Crippen LogP contribution in [0.25, 0.3) is 0 Å². The molecule has 1 aromatic rings. The Bertz CT molecular complexity index is 563. The van der Waals surface area contributed by atoms with Crippen LogP contribution in [0.4, 0.5) is 11.4 Å². The number of anilines is 2. The highest BCUT2D eigenvalue weighted by Gasteiger charge is 2.16. The van der Waals surface area contributed by atoms with Crippen LogP contribution in [0.2, 0.25) is 0 Å². The third-order valence-electron chi connectivity index (χ3n) is 4.46. The Morgan fingerprint density at radius 1 is 1.48 bits per heavy atom. The summed E-state index contributed by atoms with van der Waals surface area (Å²) in [5, 5.41) is 12.4. The van der Waals surface area contributed by atoms with Gasteiger partial charge in [0.1, 0.15) is 12.4 Å². The molecule has 1 aliphatic rings. The lowest BCUT2D eigenvalue weighted by Crippen LogP contribution is -2.33. The van der Waals surface area contributed by atoms with Gasteiger partial charge in [-0.2, -0.15) is 5.26 Å². The van der Waals surface area contributed by atoms with Crippen LogP contribution >= 0.6 is 0 Å². The van der Waals surface area contributed by atoms with Crippen molar-refractivity contribution < 1.29 is 9.53 Å². The van der Waals surface area contributed by atoms with Gasteiger partial charge in [-0.1, -0.05) is 13.8 Å². The van der Waals surface area contributed by atoms with Gasteiger partial charge in [0.25, 0.3) is 0 Å². The number of nitrogens with one attached hydrogen (secondary N) is 1. The predicted octanol–water partition coefficient (Wildman–Crippen LogP) is 3.84. The van der Waals surface area contributed by atoms with Gasteiger partial charge in [0.2, 0.25) is 0 Å². The molecule has 138 valence electrons. The van der Waals surface area contributed by atoms with Crippen LogP contribution in [0.15, 0.2) is 18.2 Å². The summed E-state index contributed by atoms with van der Waals surface area (Å²) in [7, 11) is 1.87. The fraction of sp³-hybridized carbons (Fsp3) is 0.600. The minimum Gasteiger partial charge on any atom is -0.388 e. The largest absolute Gasteiger partial charge is 0.388 e. The summed E-state index contributed by atoms with van der Waals surface area (Å²) < 4.78 is 4.92. The van der Waals surface area contributed by atoms with E-state index in [2.05, 4.69) is 37.1 Å². The van der Waals surface area contributed by atoms with E-state index in [1.807, 2.05) is 25.2 Å². The van der Waals surface area contributed by atoms with Gasteiger partial charge in [0, 0.05) is 37.8 Å². The van der Waals surface area contributed by atoms with Crippen molar-refractivity contribution in [1.82, 2.24) is 0 Å². The molecule has 0 bridgehead atoms. The molecule has 1 saturated heterocycles.